The first-order chi connectivity index (χ1) is 9.95. The highest BCUT2D eigenvalue weighted by molar-refractivity contribution is 5.52. The lowest BCUT2D eigenvalue weighted by Crippen LogP contribution is -2.30. The van der Waals surface area contributed by atoms with E-state index in [9.17, 15) is 13.2 Å². The van der Waals surface area contributed by atoms with Gasteiger partial charge in [0.1, 0.15) is 11.6 Å². The number of alkyl halides is 3. The second-order valence-corrected chi connectivity index (χ2v) is 5.04. The highest BCUT2D eigenvalue weighted by Gasteiger charge is 2.34. The number of hydrogen-bond donors (Lipinski definition) is 1. The number of pyridine rings is 1. The maximum atomic E-state index is 13.0. The topological polar surface area (TPSA) is 37.4 Å². The molecule has 0 unspecified atom stereocenters. The van der Waals surface area contributed by atoms with Crippen molar-refractivity contribution in [2.75, 3.05) is 37.0 Å². The monoisotopic (exact) mass is 303 g/mol. The van der Waals surface area contributed by atoms with Crippen LogP contribution >= 0.6 is 0 Å². The predicted molar refractivity (Wildman–Crippen MR) is 75.6 cm³/mol. The molecule has 4 nitrogen and oxygen atoms in total. The normalized spacial score (nSPS) is 15.1. The van der Waals surface area contributed by atoms with Crippen LogP contribution in [0.2, 0.25) is 0 Å². The van der Waals surface area contributed by atoms with Crippen molar-refractivity contribution in [1.82, 2.24) is 4.98 Å². The van der Waals surface area contributed by atoms with E-state index in [1.807, 2.05) is 11.8 Å². The van der Waals surface area contributed by atoms with Crippen LogP contribution in [-0.2, 0) is 10.9 Å². The molecule has 118 valence electrons. The van der Waals surface area contributed by atoms with Gasteiger partial charge >= 0.3 is 6.18 Å². The summed E-state index contributed by atoms with van der Waals surface area (Å²) in [5, 5.41) is 2.86. The maximum absolute atomic E-state index is 13.0. The summed E-state index contributed by atoms with van der Waals surface area (Å²) in [4.78, 5) is 6.21. The first-order valence-corrected chi connectivity index (χ1v) is 7.04. The Hall–Kier alpha value is -1.50. The molecule has 0 aromatic carbocycles. The Morgan fingerprint density at radius 3 is 2.62 bits per heavy atom. The van der Waals surface area contributed by atoms with E-state index in [0.717, 1.165) is 25.0 Å². The molecule has 0 radical (unpaired) electrons. The SMILES string of the molecule is CCNc1cc(C(F)(F)F)cc(N(CCOC)C2CC2)n1. The van der Waals surface area contributed by atoms with E-state index in [4.69, 9.17) is 4.74 Å². The number of hydrogen-bond acceptors (Lipinski definition) is 4. The highest BCUT2D eigenvalue weighted by Crippen LogP contribution is 2.36. The molecule has 0 saturated heterocycles. The Labute approximate surface area is 122 Å². The molecule has 21 heavy (non-hydrogen) atoms. The third kappa shape index (κ3) is 4.23. The fourth-order valence-electron chi connectivity index (χ4n) is 2.16. The molecule has 0 atom stereocenters. The van der Waals surface area contributed by atoms with Gasteiger partial charge in [-0.1, -0.05) is 0 Å². The zero-order valence-electron chi connectivity index (χ0n) is 12.2. The van der Waals surface area contributed by atoms with Gasteiger partial charge in [-0.3, -0.25) is 0 Å². The molecule has 0 aliphatic heterocycles. The summed E-state index contributed by atoms with van der Waals surface area (Å²) in [5.41, 5.74) is -0.675. The van der Waals surface area contributed by atoms with Gasteiger partial charge in [-0.2, -0.15) is 13.2 Å². The van der Waals surface area contributed by atoms with Gasteiger partial charge in [0.05, 0.1) is 12.2 Å². The number of ether oxygens (including phenoxy) is 1. The smallest absolute Gasteiger partial charge is 0.383 e. The minimum Gasteiger partial charge on any atom is -0.383 e. The van der Waals surface area contributed by atoms with Crippen molar-refractivity contribution in [3.05, 3.63) is 17.7 Å². The summed E-state index contributed by atoms with van der Waals surface area (Å²) in [7, 11) is 1.58. The van der Waals surface area contributed by atoms with Gasteiger partial charge in [0, 0.05) is 26.2 Å². The first kappa shape index (κ1) is 15.9. The second kappa shape index (κ2) is 6.51. The molecule has 2 rings (SSSR count). The summed E-state index contributed by atoms with van der Waals surface area (Å²) >= 11 is 0. The first-order valence-electron chi connectivity index (χ1n) is 7.04. The van der Waals surface area contributed by atoms with Crippen molar-refractivity contribution in [2.45, 2.75) is 32.0 Å². The summed E-state index contributed by atoms with van der Waals surface area (Å²) in [5.74, 6) is 0.616. The molecule has 1 N–H and O–H groups in total. The lowest BCUT2D eigenvalue weighted by molar-refractivity contribution is -0.137. The quantitative estimate of drug-likeness (QED) is 0.839. The number of methoxy groups -OCH3 is 1. The van der Waals surface area contributed by atoms with E-state index < -0.39 is 11.7 Å². The zero-order chi connectivity index (χ0) is 15.5. The average molecular weight is 303 g/mol. The number of halogens is 3. The minimum atomic E-state index is -4.38. The van der Waals surface area contributed by atoms with Crippen LogP contribution in [0.3, 0.4) is 0 Å². The van der Waals surface area contributed by atoms with Crippen LogP contribution in [0.5, 0.6) is 0 Å². The van der Waals surface area contributed by atoms with Crippen LogP contribution in [0.25, 0.3) is 0 Å². The van der Waals surface area contributed by atoms with Crippen LogP contribution in [0.15, 0.2) is 12.1 Å². The summed E-state index contributed by atoms with van der Waals surface area (Å²) < 4.78 is 44.1. The molecule has 0 spiro atoms. The predicted octanol–water partition coefficient (Wildman–Crippen LogP) is 3.15. The molecule has 1 heterocycles. The molecule has 1 aromatic rings. The minimum absolute atomic E-state index is 0.255. The molecule has 1 aromatic heterocycles. The van der Waals surface area contributed by atoms with Gasteiger partial charge in [0.2, 0.25) is 0 Å². The van der Waals surface area contributed by atoms with E-state index in [1.54, 1.807) is 7.11 Å². The van der Waals surface area contributed by atoms with Gasteiger partial charge in [0.15, 0.2) is 0 Å². The van der Waals surface area contributed by atoms with Crippen molar-refractivity contribution >= 4 is 11.6 Å². The number of nitrogens with one attached hydrogen (secondary N) is 1. The second-order valence-electron chi connectivity index (χ2n) is 5.04. The Morgan fingerprint density at radius 1 is 1.38 bits per heavy atom. The lowest BCUT2D eigenvalue weighted by atomic mass is 10.2. The third-order valence-electron chi connectivity index (χ3n) is 3.32. The number of nitrogens with zero attached hydrogens (tertiary/aromatic N) is 2. The number of anilines is 2. The fourth-order valence-corrected chi connectivity index (χ4v) is 2.16. The average Bonchev–Trinajstić information content (AvgIpc) is 3.23. The van der Waals surface area contributed by atoms with E-state index in [2.05, 4.69) is 10.3 Å². The molecule has 1 aliphatic carbocycles. The molecule has 1 aliphatic rings. The van der Waals surface area contributed by atoms with Gasteiger partial charge in [-0.05, 0) is 31.9 Å². The third-order valence-corrected chi connectivity index (χ3v) is 3.32. The van der Waals surface area contributed by atoms with Gasteiger partial charge < -0.3 is 15.0 Å². The highest BCUT2D eigenvalue weighted by atomic mass is 19.4. The standard InChI is InChI=1S/C14H20F3N3O/c1-3-18-12-8-10(14(15,16)17)9-13(19-12)20(6-7-21-2)11-4-5-11/h8-9,11H,3-7H2,1-2H3,(H,18,19). The Morgan fingerprint density at radius 2 is 2.10 bits per heavy atom. The summed E-state index contributed by atoms with van der Waals surface area (Å²) in [6.07, 6.45) is -2.41. The van der Waals surface area contributed by atoms with Crippen LogP contribution in [0.1, 0.15) is 25.3 Å². The van der Waals surface area contributed by atoms with Crippen molar-refractivity contribution < 1.29 is 17.9 Å². The van der Waals surface area contributed by atoms with Crippen molar-refractivity contribution in [2.24, 2.45) is 0 Å². The number of aromatic nitrogens is 1. The Kier molecular flexibility index (Phi) is 4.92. The van der Waals surface area contributed by atoms with Crippen molar-refractivity contribution in [3.63, 3.8) is 0 Å². The van der Waals surface area contributed by atoms with Crippen molar-refractivity contribution in [3.8, 4) is 0 Å². The summed E-state index contributed by atoms with van der Waals surface area (Å²) in [6, 6.07) is 2.44. The van der Waals surface area contributed by atoms with E-state index in [-0.39, 0.29) is 11.9 Å². The van der Waals surface area contributed by atoms with E-state index >= 15 is 0 Å². The van der Waals surface area contributed by atoms with Crippen LogP contribution < -0.4 is 10.2 Å². The van der Waals surface area contributed by atoms with Crippen LogP contribution in [0, 0.1) is 0 Å². The van der Waals surface area contributed by atoms with Crippen molar-refractivity contribution in [1.29, 1.82) is 0 Å². The molecule has 0 bridgehead atoms. The lowest BCUT2D eigenvalue weighted by Gasteiger charge is -2.24. The molecular weight excluding hydrogens is 283 g/mol. The molecule has 7 heteroatoms. The maximum Gasteiger partial charge on any atom is 0.416 e. The largest absolute Gasteiger partial charge is 0.416 e. The van der Waals surface area contributed by atoms with E-state index in [0.29, 0.717) is 25.5 Å². The molecular formula is C14H20F3N3O. The van der Waals surface area contributed by atoms with Gasteiger partial charge in [-0.25, -0.2) is 4.98 Å². The van der Waals surface area contributed by atoms with Crippen LogP contribution in [0.4, 0.5) is 24.8 Å². The molecule has 1 fully saturated rings. The molecule has 0 amide bonds. The zero-order valence-corrected chi connectivity index (χ0v) is 12.2. The fraction of sp³-hybridized carbons (Fsp3) is 0.643. The Bertz CT molecular complexity index is 475. The van der Waals surface area contributed by atoms with Gasteiger partial charge in [0.25, 0.3) is 0 Å². The molecule has 1 saturated carbocycles. The van der Waals surface area contributed by atoms with Gasteiger partial charge in [-0.15, -0.1) is 0 Å². The van der Waals surface area contributed by atoms with Crippen LogP contribution in [-0.4, -0.2) is 37.8 Å². The Balaban J connectivity index is 2.32. The number of rotatable bonds is 7. The van der Waals surface area contributed by atoms with E-state index in [1.165, 1.54) is 0 Å². The summed E-state index contributed by atoms with van der Waals surface area (Å²) in [6.45, 7) is 3.35.